The molecule has 23 heavy (non-hydrogen) atoms. The van der Waals surface area contributed by atoms with Crippen LogP contribution in [-0.4, -0.2) is 30.8 Å². The van der Waals surface area contributed by atoms with Gasteiger partial charge in [0.2, 0.25) is 0 Å². The molecule has 1 aromatic carbocycles. The molecule has 1 aromatic rings. The number of carbonyl (C=O) groups excluding carboxylic acids is 1. The SMILES string of the molecule is O=C(NCC1(c2cc(C(F)(F)F)ccc2Cl)CC1)N1CCCO1. The minimum absolute atomic E-state index is 0.243. The third-order valence-electron chi connectivity index (χ3n) is 4.28. The van der Waals surface area contributed by atoms with Crippen molar-refractivity contribution in [1.29, 1.82) is 0 Å². The van der Waals surface area contributed by atoms with E-state index in [2.05, 4.69) is 5.32 Å². The highest BCUT2D eigenvalue weighted by molar-refractivity contribution is 6.31. The first-order chi connectivity index (χ1) is 10.8. The van der Waals surface area contributed by atoms with Gasteiger partial charge in [0.25, 0.3) is 0 Å². The monoisotopic (exact) mass is 348 g/mol. The minimum Gasteiger partial charge on any atom is -0.335 e. The Hall–Kier alpha value is -1.47. The molecule has 1 N–H and O–H groups in total. The summed E-state index contributed by atoms with van der Waals surface area (Å²) in [5, 5.41) is 4.27. The molecule has 0 unspecified atom stereocenters. The Morgan fingerprint density at radius 2 is 2.13 bits per heavy atom. The molecule has 1 aliphatic carbocycles. The van der Waals surface area contributed by atoms with Crippen LogP contribution in [0.25, 0.3) is 0 Å². The first-order valence-electron chi connectivity index (χ1n) is 7.37. The lowest BCUT2D eigenvalue weighted by molar-refractivity contribution is -0.137. The Bertz CT molecular complexity index is 611. The van der Waals surface area contributed by atoms with Crippen molar-refractivity contribution in [2.45, 2.75) is 30.9 Å². The largest absolute Gasteiger partial charge is 0.416 e. The molecule has 0 spiro atoms. The molecule has 0 bridgehead atoms. The second kappa shape index (κ2) is 5.87. The molecular weight excluding hydrogens is 333 g/mol. The summed E-state index contributed by atoms with van der Waals surface area (Å²) in [5.74, 6) is 0. The smallest absolute Gasteiger partial charge is 0.335 e. The van der Waals surface area contributed by atoms with Gasteiger partial charge in [-0.15, -0.1) is 0 Å². The Labute approximate surface area is 136 Å². The second-order valence-corrected chi connectivity index (χ2v) is 6.33. The van der Waals surface area contributed by atoms with Crippen molar-refractivity contribution in [3.8, 4) is 0 Å². The lowest BCUT2D eigenvalue weighted by Crippen LogP contribution is -2.41. The zero-order valence-corrected chi connectivity index (χ0v) is 13.0. The number of halogens is 4. The minimum atomic E-state index is -4.41. The van der Waals surface area contributed by atoms with E-state index in [-0.39, 0.29) is 12.6 Å². The van der Waals surface area contributed by atoms with E-state index in [0.717, 1.165) is 18.6 Å². The standard InChI is InChI=1S/C15H16ClF3N2O2/c16-12-3-2-10(15(17,18)19)8-11(12)14(4-5-14)9-20-13(22)21-6-1-7-23-21/h2-3,8H,1,4-7,9H2,(H,20,22). The molecule has 0 aromatic heterocycles. The van der Waals surface area contributed by atoms with Crippen LogP contribution in [0.5, 0.6) is 0 Å². The number of rotatable bonds is 3. The van der Waals surface area contributed by atoms with E-state index in [1.54, 1.807) is 0 Å². The number of nitrogens with zero attached hydrogens (tertiary/aromatic N) is 1. The van der Waals surface area contributed by atoms with E-state index >= 15 is 0 Å². The first-order valence-corrected chi connectivity index (χ1v) is 7.75. The summed E-state index contributed by atoms with van der Waals surface area (Å²) in [7, 11) is 0. The predicted octanol–water partition coefficient (Wildman–Crippen LogP) is 3.74. The van der Waals surface area contributed by atoms with E-state index in [1.807, 2.05) is 0 Å². The average Bonchev–Trinajstić information content (AvgIpc) is 3.07. The van der Waals surface area contributed by atoms with Crippen molar-refractivity contribution >= 4 is 17.6 Å². The van der Waals surface area contributed by atoms with Crippen molar-refractivity contribution in [2.75, 3.05) is 19.7 Å². The Morgan fingerprint density at radius 1 is 1.39 bits per heavy atom. The van der Waals surface area contributed by atoms with Gasteiger partial charge in [0.15, 0.2) is 0 Å². The maximum atomic E-state index is 12.9. The molecule has 2 aliphatic rings. The third-order valence-corrected chi connectivity index (χ3v) is 4.61. The van der Waals surface area contributed by atoms with E-state index in [1.165, 1.54) is 11.1 Å². The Morgan fingerprint density at radius 3 is 2.70 bits per heavy atom. The quantitative estimate of drug-likeness (QED) is 0.904. The number of hydrogen-bond acceptors (Lipinski definition) is 2. The van der Waals surface area contributed by atoms with Gasteiger partial charge in [0.05, 0.1) is 18.7 Å². The topological polar surface area (TPSA) is 41.6 Å². The fraction of sp³-hybridized carbons (Fsp3) is 0.533. The number of benzene rings is 1. The van der Waals surface area contributed by atoms with Crippen LogP contribution < -0.4 is 5.32 Å². The van der Waals surface area contributed by atoms with Gasteiger partial charge >= 0.3 is 12.2 Å². The second-order valence-electron chi connectivity index (χ2n) is 5.92. The van der Waals surface area contributed by atoms with E-state index in [0.29, 0.717) is 36.6 Å². The van der Waals surface area contributed by atoms with E-state index < -0.39 is 17.2 Å². The summed E-state index contributed by atoms with van der Waals surface area (Å²) in [4.78, 5) is 17.1. The molecule has 0 atom stereocenters. The summed E-state index contributed by atoms with van der Waals surface area (Å²) < 4.78 is 38.7. The van der Waals surface area contributed by atoms with Crippen LogP contribution in [0.1, 0.15) is 30.4 Å². The zero-order valence-electron chi connectivity index (χ0n) is 12.3. The summed E-state index contributed by atoms with van der Waals surface area (Å²) in [5.41, 5.74) is -0.803. The van der Waals surface area contributed by atoms with Crippen molar-refractivity contribution < 1.29 is 22.8 Å². The summed E-state index contributed by atoms with van der Waals surface area (Å²) >= 11 is 6.10. The van der Waals surface area contributed by atoms with E-state index in [9.17, 15) is 18.0 Å². The lowest BCUT2D eigenvalue weighted by atomic mass is 9.94. The summed E-state index contributed by atoms with van der Waals surface area (Å²) in [6, 6.07) is 2.97. The van der Waals surface area contributed by atoms with Gasteiger partial charge < -0.3 is 5.32 Å². The number of urea groups is 1. The van der Waals surface area contributed by atoms with Crippen LogP contribution in [0.3, 0.4) is 0 Å². The van der Waals surface area contributed by atoms with Gasteiger partial charge in [0, 0.05) is 17.0 Å². The van der Waals surface area contributed by atoms with Crippen LogP contribution in [0.15, 0.2) is 18.2 Å². The van der Waals surface area contributed by atoms with Crippen LogP contribution in [-0.2, 0) is 16.4 Å². The molecule has 2 amide bonds. The number of nitrogens with one attached hydrogen (secondary N) is 1. The molecule has 1 aliphatic heterocycles. The number of alkyl halides is 3. The van der Waals surface area contributed by atoms with Crippen molar-refractivity contribution in [1.82, 2.24) is 10.4 Å². The molecule has 3 rings (SSSR count). The lowest BCUT2D eigenvalue weighted by Gasteiger charge is -2.21. The molecule has 1 saturated carbocycles. The van der Waals surface area contributed by atoms with E-state index in [4.69, 9.17) is 16.4 Å². The van der Waals surface area contributed by atoms with Gasteiger partial charge in [-0.2, -0.15) is 13.2 Å². The highest BCUT2D eigenvalue weighted by atomic mass is 35.5. The Kier molecular flexibility index (Phi) is 4.18. The van der Waals surface area contributed by atoms with Gasteiger partial charge in [-0.25, -0.2) is 9.86 Å². The summed E-state index contributed by atoms with van der Waals surface area (Å²) in [6.45, 7) is 1.26. The summed E-state index contributed by atoms with van der Waals surface area (Å²) in [6.07, 6.45) is -2.26. The van der Waals surface area contributed by atoms with Crippen molar-refractivity contribution in [3.05, 3.63) is 34.3 Å². The molecule has 0 radical (unpaired) electrons. The van der Waals surface area contributed by atoms with Crippen LogP contribution in [0, 0.1) is 0 Å². The molecular formula is C15H16ClF3N2O2. The van der Waals surface area contributed by atoms with Gasteiger partial charge in [0.1, 0.15) is 0 Å². The van der Waals surface area contributed by atoms with Crippen molar-refractivity contribution in [2.24, 2.45) is 0 Å². The zero-order chi connectivity index (χ0) is 16.7. The number of amides is 2. The molecule has 8 heteroatoms. The van der Waals surface area contributed by atoms with Gasteiger partial charge in [-0.05, 0) is 43.0 Å². The molecule has 4 nitrogen and oxygen atoms in total. The fourth-order valence-corrected chi connectivity index (χ4v) is 3.06. The number of carbonyl (C=O) groups is 1. The van der Waals surface area contributed by atoms with Crippen LogP contribution in [0.2, 0.25) is 5.02 Å². The highest BCUT2D eigenvalue weighted by Crippen LogP contribution is 2.51. The number of hydrogen-bond donors (Lipinski definition) is 1. The number of hydroxylamine groups is 2. The third kappa shape index (κ3) is 3.40. The normalized spacial score (nSPS) is 19.7. The average molecular weight is 349 g/mol. The predicted molar refractivity (Wildman–Crippen MR) is 78.0 cm³/mol. The molecule has 126 valence electrons. The van der Waals surface area contributed by atoms with Crippen LogP contribution in [0.4, 0.5) is 18.0 Å². The maximum Gasteiger partial charge on any atom is 0.416 e. The maximum absolute atomic E-state index is 12.9. The van der Waals surface area contributed by atoms with Crippen molar-refractivity contribution in [3.63, 3.8) is 0 Å². The molecule has 2 fully saturated rings. The van der Waals surface area contributed by atoms with Crippen LogP contribution >= 0.6 is 11.6 Å². The molecule has 1 saturated heterocycles. The fourth-order valence-electron chi connectivity index (χ4n) is 2.74. The first kappa shape index (κ1) is 16.4. The highest BCUT2D eigenvalue weighted by Gasteiger charge is 2.47. The van der Waals surface area contributed by atoms with Gasteiger partial charge in [-0.1, -0.05) is 11.6 Å². The molecule has 1 heterocycles. The van der Waals surface area contributed by atoms with Gasteiger partial charge in [-0.3, -0.25) is 4.84 Å². The Balaban J connectivity index is 1.74.